The third kappa shape index (κ3) is 1.94. The number of hydrogen-bond donors (Lipinski definition) is 1. The summed E-state index contributed by atoms with van der Waals surface area (Å²) in [7, 11) is 0. The Morgan fingerprint density at radius 2 is 2.12 bits per heavy atom. The van der Waals surface area contributed by atoms with Gasteiger partial charge in [0.1, 0.15) is 0 Å². The first-order chi connectivity index (χ1) is 8.24. The number of benzene rings is 1. The topological polar surface area (TPSA) is 29.1 Å². The number of amides is 1. The summed E-state index contributed by atoms with van der Waals surface area (Å²) >= 11 is 5.02. The van der Waals surface area contributed by atoms with Gasteiger partial charge in [-0.1, -0.05) is 18.2 Å². The van der Waals surface area contributed by atoms with E-state index in [0.717, 1.165) is 26.2 Å². The zero-order valence-corrected chi connectivity index (χ0v) is 11.1. The standard InChI is InChI=1S/C13H8BrNOS/c14-8-5-9(17-7-8)6-11-10-3-1-2-4-12(10)15-13(11)16/h1-7H,(H,15,16)/b11-6-. The van der Waals surface area contributed by atoms with Crippen LogP contribution in [0.15, 0.2) is 40.2 Å². The van der Waals surface area contributed by atoms with Gasteiger partial charge in [0.25, 0.3) is 5.91 Å². The molecule has 0 saturated carbocycles. The Bertz CT molecular complexity index is 630. The molecule has 17 heavy (non-hydrogen) atoms. The summed E-state index contributed by atoms with van der Waals surface area (Å²) in [6.45, 7) is 0. The summed E-state index contributed by atoms with van der Waals surface area (Å²) in [6, 6.07) is 9.74. The Kier molecular flexibility index (Phi) is 2.61. The lowest BCUT2D eigenvalue weighted by Crippen LogP contribution is -2.03. The van der Waals surface area contributed by atoms with Crippen molar-refractivity contribution in [2.24, 2.45) is 0 Å². The molecule has 4 heteroatoms. The molecule has 84 valence electrons. The van der Waals surface area contributed by atoms with Crippen molar-refractivity contribution in [1.29, 1.82) is 0 Å². The Labute approximate surface area is 111 Å². The zero-order chi connectivity index (χ0) is 11.8. The summed E-state index contributed by atoms with van der Waals surface area (Å²) in [5, 5.41) is 4.87. The van der Waals surface area contributed by atoms with E-state index in [1.807, 2.05) is 41.8 Å². The second-order valence-electron chi connectivity index (χ2n) is 3.73. The molecule has 0 unspecified atom stereocenters. The molecule has 2 aromatic rings. The number of nitrogens with one attached hydrogen (secondary N) is 1. The molecule has 1 amide bonds. The molecule has 2 heterocycles. The fourth-order valence-electron chi connectivity index (χ4n) is 1.83. The normalized spacial score (nSPS) is 16.1. The number of fused-ring (bicyclic) bond motifs is 1. The molecular formula is C13H8BrNOS. The second kappa shape index (κ2) is 4.13. The molecule has 0 spiro atoms. The van der Waals surface area contributed by atoms with Crippen LogP contribution in [0.4, 0.5) is 5.69 Å². The molecule has 2 nitrogen and oxygen atoms in total. The van der Waals surface area contributed by atoms with Crippen LogP contribution in [0, 0.1) is 0 Å². The Morgan fingerprint density at radius 1 is 1.29 bits per heavy atom. The maximum atomic E-state index is 11.9. The predicted molar refractivity (Wildman–Crippen MR) is 75.0 cm³/mol. The lowest BCUT2D eigenvalue weighted by atomic mass is 10.1. The first-order valence-electron chi connectivity index (χ1n) is 5.10. The molecule has 0 bridgehead atoms. The average Bonchev–Trinajstić information content (AvgIpc) is 2.85. The number of anilines is 1. The van der Waals surface area contributed by atoms with E-state index in [1.165, 1.54) is 0 Å². The van der Waals surface area contributed by atoms with Crippen LogP contribution in [0.3, 0.4) is 0 Å². The minimum Gasteiger partial charge on any atom is -0.321 e. The van der Waals surface area contributed by atoms with Crippen LogP contribution in [-0.4, -0.2) is 5.91 Å². The van der Waals surface area contributed by atoms with Gasteiger partial charge < -0.3 is 5.32 Å². The van der Waals surface area contributed by atoms with Gasteiger partial charge in [-0.2, -0.15) is 0 Å². The molecule has 0 radical (unpaired) electrons. The van der Waals surface area contributed by atoms with Crippen LogP contribution in [0.25, 0.3) is 11.6 Å². The molecule has 1 N–H and O–H groups in total. The van der Waals surface area contributed by atoms with Crippen LogP contribution in [0.1, 0.15) is 10.4 Å². The van der Waals surface area contributed by atoms with Crippen molar-refractivity contribution < 1.29 is 4.79 Å². The van der Waals surface area contributed by atoms with Crippen molar-refractivity contribution in [3.05, 3.63) is 50.6 Å². The molecule has 0 aliphatic carbocycles. The van der Waals surface area contributed by atoms with E-state index in [0.29, 0.717) is 0 Å². The number of carbonyl (C=O) groups excluding carboxylic acids is 1. The van der Waals surface area contributed by atoms with Gasteiger partial charge in [-0.15, -0.1) is 11.3 Å². The highest BCUT2D eigenvalue weighted by atomic mass is 79.9. The Morgan fingerprint density at radius 3 is 2.88 bits per heavy atom. The van der Waals surface area contributed by atoms with Gasteiger partial charge in [-0.25, -0.2) is 0 Å². The maximum Gasteiger partial charge on any atom is 0.256 e. The van der Waals surface area contributed by atoms with Gasteiger partial charge in [-0.05, 0) is 34.1 Å². The van der Waals surface area contributed by atoms with Crippen molar-refractivity contribution in [3.8, 4) is 0 Å². The molecule has 0 fully saturated rings. The van der Waals surface area contributed by atoms with E-state index in [2.05, 4.69) is 21.2 Å². The molecule has 1 aromatic heterocycles. The summed E-state index contributed by atoms with van der Waals surface area (Å²) in [5.74, 6) is -0.0317. The number of halogens is 1. The lowest BCUT2D eigenvalue weighted by Gasteiger charge is -1.95. The predicted octanol–water partition coefficient (Wildman–Crippen LogP) is 4.00. The summed E-state index contributed by atoms with van der Waals surface area (Å²) < 4.78 is 1.04. The van der Waals surface area contributed by atoms with E-state index >= 15 is 0 Å². The highest BCUT2D eigenvalue weighted by molar-refractivity contribution is 9.10. The van der Waals surface area contributed by atoms with Crippen molar-refractivity contribution >= 4 is 50.5 Å². The highest BCUT2D eigenvalue weighted by Gasteiger charge is 2.23. The van der Waals surface area contributed by atoms with E-state index < -0.39 is 0 Å². The minimum absolute atomic E-state index is 0.0317. The van der Waals surface area contributed by atoms with Crippen LogP contribution in [0.2, 0.25) is 0 Å². The van der Waals surface area contributed by atoms with E-state index in [4.69, 9.17) is 0 Å². The third-order valence-corrected chi connectivity index (χ3v) is 4.22. The minimum atomic E-state index is -0.0317. The van der Waals surface area contributed by atoms with Gasteiger partial charge in [0.2, 0.25) is 0 Å². The van der Waals surface area contributed by atoms with E-state index in [9.17, 15) is 4.79 Å². The first-order valence-corrected chi connectivity index (χ1v) is 6.78. The number of carbonyl (C=O) groups is 1. The number of hydrogen-bond acceptors (Lipinski definition) is 2. The van der Waals surface area contributed by atoms with Crippen molar-refractivity contribution in [2.75, 3.05) is 5.32 Å². The molecular weight excluding hydrogens is 298 g/mol. The fourth-order valence-corrected chi connectivity index (χ4v) is 3.20. The molecule has 1 aliphatic rings. The third-order valence-electron chi connectivity index (χ3n) is 2.58. The molecule has 0 saturated heterocycles. The van der Waals surface area contributed by atoms with E-state index in [1.54, 1.807) is 11.3 Å². The van der Waals surface area contributed by atoms with Crippen LogP contribution < -0.4 is 5.32 Å². The number of rotatable bonds is 1. The van der Waals surface area contributed by atoms with Crippen molar-refractivity contribution in [2.45, 2.75) is 0 Å². The SMILES string of the molecule is O=C1Nc2ccccc2/C1=C/c1cc(Br)cs1. The van der Waals surface area contributed by atoms with Gasteiger partial charge in [0, 0.05) is 26.0 Å². The average molecular weight is 306 g/mol. The second-order valence-corrected chi connectivity index (χ2v) is 5.58. The van der Waals surface area contributed by atoms with Gasteiger partial charge >= 0.3 is 0 Å². The summed E-state index contributed by atoms with van der Waals surface area (Å²) in [6.07, 6.45) is 1.93. The van der Waals surface area contributed by atoms with Gasteiger partial charge in [0.15, 0.2) is 0 Å². The van der Waals surface area contributed by atoms with Crippen molar-refractivity contribution in [3.63, 3.8) is 0 Å². The van der Waals surface area contributed by atoms with Gasteiger partial charge in [-0.3, -0.25) is 4.79 Å². The first kappa shape index (κ1) is 10.7. The summed E-state index contributed by atoms with van der Waals surface area (Å²) in [5.41, 5.74) is 2.59. The Hall–Kier alpha value is -1.39. The monoisotopic (exact) mass is 305 g/mol. The summed E-state index contributed by atoms with van der Waals surface area (Å²) in [4.78, 5) is 12.9. The molecule has 1 aliphatic heterocycles. The number of para-hydroxylation sites is 1. The maximum absolute atomic E-state index is 11.9. The number of thiophene rings is 1. The largest absolute Gasteiger partial charge is 0.321 e. The van der Waals surface area contributed by atoms with Crippen LogP contribution in [-0.2, 0) is 4.79 Å². The molecule has 1 aromatic carbocycles. The van der Waals surface area contributed by atoms with Gasteiger partial charge in [0.05, 0.1) is 5.57 Å². The lowest BCUT2D eigenvalue weighted by molar-refractivity contribution is -0.110. The van der Waals surface area contributed by atoms with Crippen LogP contribution >= 0.6 is 27.3 Å². The smallest absolute Gasteiger partial charge is 0.256 e. The van der Waals surface area contributed by atoms with E-state index in [-0.39, 0.29) is 5.91 Å². The quantitative estimate of drug-likeness (QED) is 0.793. The Balaban J connectivity index is 2.09. The highest BCUT2D eigenvalue weighted by Crippen LogP contribution is 2.34. The molecule has 0 atom stereocenters. The molecule has 3 rings (SSSR count). The van der Waals surface area contributed by atoms with Crippen LogP contribution in [0.5, 0.6) is 0 Å². The van der Waals surface area contributed by atoms with Crippen molar-refractivity contribution in [1.82, 2.24) is 0 Å². The fraction of sp³-hybridized carbons (Fsp3) is 0. The zero-order valence-electron chi connectivity index (χ0n) is 8.74.